The topological polar surface area (TPSA) is 42.1 Å². The number of thiazole rings is 1. The normalized spacial score (nSPS) is 27.6. The van der Waals surface area contributed by atoms with E-state index in [-0.39, 0.29) is 0 Å². The molecule has 1 fully saturated rings. The van der Waals surface area contributed by atoms with E-state index in [0.29, 0.717) is 6.04 Å². The molecular formula is C14H19N3S. The molecule has 96 valence electrons. The highest BCUT2D eigenvalue weighted by atomic mass is 32.1. The lowest BCUT2D eigenvalue weighted by Gasteiger charge is -2.38. The Hall–Kier alpha value is -0.870. The van der Waals surface area contributed by atoms with Crippen LogP contribution in [0.2, 0.25) is 0 Å². The minimum absolute atomic E-state index is 0.619. The number of nitrogens with zero attached hydrogens (tertiary/aromatic N) is 2. The Morgan fingerprint density at radius 3 is 3.11 bits per heavy atom. The molecule has 3 aliphatic rings. The molecule has 2 aliphatic carbocycles. The van der Waals surface area contributed by atoms with Gasteiger partial charge in [0.2, 0.25) is 0 Å². The summed E-state index contributed by atoms with van der Waals surface area (Å²) in [5.41, 5.74) is 8.56. The van der Waals surface area contributed by atoms with E-state index in [4.69, 9.17) is 5.73 Å². The summed E-state index contributed by atoms with van der Waals surface area (Å²) in [5, 5.41) is 0.737. The molecular weight excluding hydrogens is 242 g/mol. The van der Waals surface area contributed by atoms with Crippen molar-refractivity contribution >= 4 is 22.0 Å². The number of aryl methyl sites for hydroxylation is 1. The van der Waals surface area contributed by atoms with Crippen LogP contribution in [-0.4, -0.2) is 29.0 Å². The second-order valence-electron chi connectivity index (χ2n) is 5.76. The Bertz CT molecular complexity index is 501. The smallest absolute Gasteiger partial charge is 0.180 e. The van der Waals surface area contributed by atoms with Crippen LogP contribution in [0.15, 0.2) is 6.08 Å². The predicted octanol–water partition coefficient (Wildman–Crippen LogP) is 2.54. The highest BCUT2D eigenvalue weighted by Gasteiger charge is 2.35. The molecule has 0 bridgehead atoms. The molecule has 4 rings (SSSR count). The molecule has 2 heterocycles. The molecule has 0 saturated heterocycles. The fourth-order valence-corrected chi connectivity index (χ4v) is 4.22. The third-order valence-corrected chi connectivity index (χ3v) is 5.35. The minimum atomic E-state index is 0.619. The van der Waals surface area contributed by atoms with E-state index in [0.717, 1.165) is 17.5 Å². The average Bonchev–Trinajstić information content (AvgIpc) is 3.08. The molecule has 0 spiro atoms. The quantitative estimate of drug-likeness (QED) is 0.889. The third-order valence-electron chi connectivity index (χ3n) is 4.40. The van der Waals surface area contributed by atoms with E-state index < -0.39 is 0 Å². The number of anilines is 1. The molecule has 1 atom stereocenters. The fourth-order valence-electron chi connectivity index (χ4n) is 3.35. The molecule has 1 aromatic heterocycles. The van der Waals surface area contributed by atoms with Crippen LogP contribution >= 0.6 is 11.3 Å². The van der Waals surface area contributed by atoms with E-state index in [1.54, 1.807) is 11.3 Å². The molecule has 0 aromatic carbocycles. The standard InChI is InChI=1S/C14H19N3S/c15-14-16-13-10-2-1-7-17(8-9-3-4-9)11(10)5-6-12(13)18-14/h2,9,11H,1,3-8H2,(H2,15,16). The highest BCUT2D eigenvalue weighted by molar-refractivity contribution is 7.15. The van der Waals surface area contributed by atoms with Gasteiger partial charge in [0.1, 0.15) is 0 Å². The van der Waals surface area contributed by atoms with Gasteiger partial charge in [-0.05, 0) is 43.6 Å². The molecule has 1 saturated carbocycles. The first kappa shape index (κ1) is 11.0. The monoisotopic (exact) mass is 261 g/mol. The van der Waals surface area contributed by atoms with Crippen molar-refractivity contribution in [1.82, 2.24) is 9.88 Å². The Morgan fingerprint density at radius 1 is 1.39 bits per heavy atom. The first-order valence-electron chi connectivity index (χ1n) is 7.01. The molecule has 1 aromatic rings. The van der Waals surface area contributed by atoms with Crippen LogP contribution in [0.4, 0.5) is 5.13 Å². The molecule has 1 unspecified atom stereocenters. The van der Waals surface area contributed by atoms with Gasteiger partial charge >= 0.3 is 0 Å². The summed E-state index contributed by atoms with van der Waals surface area (Å²) in [4.78, 5) is 8.67. The summed E-state index contributed by atoms with van der Waals surface area (Å²) in [5.74, 6) is 0.978. The van der Waals surface area contributed by atoms with Crippen molar-refractivity contribution in [3.05, 3.63) is 16.6 Å². The Kier molecular flexibility index (Phi) is 2.49. The van der Waals surface area contributed by atoms with Crippen LogP contribution in [0.25, 0.3) is 5.57 Å². The van der Waals surface area contributed by atoms with Gasteiger partial charge in [0.25, 0.3) is 0 Å². The number of rotatable bonds is 2. The van der Waals surface area contributed by atoms with E-state index in [9.17, 15) is 0 Å². The summed E-state index contributed by atoms with van der Waals surface area (Å²) < 4.78 is 0. The maximum Gasteiger partial charge on any atom is 0.180 e. The summed E-state index contributed by atoms with van der Waals surface area (Å²) in [6.45, 7) is 2.54. The SMILES string of the molecule is Nc1nc2c(s1)CCC1C2=CCCN1CC1CC1. The van der Waals surface area contributed by atoms with Gasteiger partial charge in [-0.1, -0.05) is 6.08 Å². The number of hydrogen-bond donors (Lipinski definition) is 1. The maximum absolute atomic E-state index is 5.87. The molecule has 1 aliphatic heterocycles. The van der Waals surface area contributed by atoms with Crippen molar-refractivity contribution in [3.63, 3.8) is 0 Å². The van der Waals surface area contributed by atoms with Crippen LogP contribution in [0.5, 0.6) is 0 Å². The fraction of sp³-hybridized carbons (Fsp3) is 0.643. The number of aromatic nitrogens is 1. The summed E-state index contributed by atoms with van der Waals surface area (Å²) in [6, 6.07) is 0.619. The molecule has 18 heavy (non-hydrogen) atoms. The minimum Gasteiger partial charge on any atom is -0.375 e. The second kappa shape index (κ2) is 4.07. The number of nitrogen functional groups attached to an aromatic ring is 1. The second-order valence-corrected chi connectivity index (χ2v) is 6.88. The van der Waals surface area contributed by atoms with Crippen molar-refractivity contribution in [3.8, 4) is 0 Å². The number of hydrogen-bond acceptors (Lipinski definition) is 4. The molecule has 2 N–H and O–H groups in total. The van der Waals surface area contributed by atoms with Crippen LogP contribution in [0.1, 0.15) is 36.3 Å². The van der Waals surface area contributed by atoms with Gasteiger partial charge in [-0.2, -0.15) is 0 Å². The molecule has 3 nitrogen and oxygen atoms in total. The van der Waals surface area contributed by atoms with E-state index in [2.05, 4.69) is 16.0 Å². The van der Waals surface area contributed by atoms with Crippen LogP contribution in [-0.2, 0) is 6.42 Å². The van der Waals surface area contributed by atoms with Crippen molar-refractivity contribution in [2.24, 2.45) is 5.92 Å². The van der Waals surface area contributed by atoms with Crippen LogP contribution < -0.4 is 5.73 Å². The summed E-state index contributed by atoms with van der Waals surface area (Å²) in [6.07, 6.45) is 8.88. The molecule has 4 heteroatoms. The van der Waals surface area contributed by atoms with Gasteiger partial charge in [-0.15, -0.1) is 11.3 Å². The number of fused-ring (bicyclic) bond motifs is 3. The largest absolute Gasteiger partial charge is 0.375 e. The van der Waals surface area contributed by atoms with Crippen LogP contribution in [0.3, 0.4) is 0 Å². The summed E-state index contributed by atoms with van der Waals surface area (Å²) in [7, 11) is 0. The van der Waals surface area contributed by atoms with Gasteiger partial charge in [0, 0.05) is 24.0 Å². The van der Waals surface area contributed by atoms with Crippen molar-refractivity contribution in [2.45, 2.75) is 38.1 Å². The Labute approximate surface area is 112 Å². The van der Waals surface area contributed by atoms with Gasteiger partial charge in [-0.3, -0.25) is 4.90 Å². The summed E-state index contributed by atoms with van der Waals surface area (Å²) >= 11 is 1.68. The lowest BCUT2D eigenvalue weighted by Crippen LogP contribution is -2.42. The van der Waals surface area contributed by atoms with E-state index in [1.807, 2.05) is 0 Å². The maximum atomic E-state index is 5.87. The number of nitrogens with two attached hydrogens (primary N) is 1. The zero-order chi connectivity index (χ0) is 12.1. The van der Waals surface area contributed by atoms with Crippen molar-refractivity contribution in [2.75, 3.05) is 18.8 Å². The molecule has 0 radical (unpaired) electrons. The van der Waals surface area contributed by atoms with Crippen molar-refractivity contribution in [1.29, 1.82) is 0 Å². The van der Waals surface area contributed by atoms with Gasteiger partial charge in [0.05, 0.1) is 5.69 Å². The zero-order valence-electron chi connectivity index (χ0n) is 10.6. The van der Waals surface area contributed by atoms with Crippen molar-refractivity contribution < 1.29 is 0 Å². The van der Waals surface area contributed by atoms with Gasteiger partial charge < -0.3 is 5.73 Å². The van der Waals surface area contributed by atoms with Crippen LogP contribution in [0, 0.1) is 5.92 Å². The average molecular weight is 261 g/mol. The Morgan fingerprint density at radius 2 is 2.28 bits per heavy atom. The highest BCUT2D eigenvalue weighted by Crippen LogP contribution is 2.41. The van der Waals surface area contributed by atoms with Gasteiger partial charge in [-0.25, -0.2) is 4.98 Å². The first-order valence-corrected chi connectivity index (χ1v) is 7.82. The predicted molar refractivity (Wildman–Crippen MR) is 75.5 cm³/mol. The lowest BCUT2D eigenvalue weighted by molar-refractivity contribution is 0.210. The Balaban J connectivity index is 1.65. The zero-order valence-corrected chi connectivity index (χ0v) is 11.4. The third kappa shape index (κ3) is 1.79. The van der Waals surface area contributed by atoms with E-state index >= 15 is 0 Å². The lowest BCUT2D eigenvalue weighted by atomic mass is 9.87. The first-order chi connectivity index (χ1) is 8.81. The van der Waals surface area contributed by atoms with Gasteiger partial charge in [0.15, 0.2) is 5.13 Å². The van der Waals surface area contributed by atoms with E-state index in [1.165, 1.54) is 54.9 Å². The molecule has 0 amide bonds.